The van der Waals surface area contributed by atoms with Crippen LogP contribution in [-0.2, 0) is 13.6 Å². The average molecular weight is 246 g/mol. The van der Waals surface area contributed by atoms with Gasteiger partial charge in [-0.3, -0.25) is 4.79 Å². The summed E-state index contributed by atoms with van der Waals surface area (Å²) in [6.07, 6.45) is 1.69. The highest BCUT2D eigenvalue weighted by atomic mass is 19.1. The molecule has 94 valence electrons. The number of halogens is 1. The van der Waals surface area contributed by atoms with Gasteiger partial charge < -0.3 is 9.88 Å². The summed E-state index contributed by atoms with van der Waals surface area (Å²) in [6, 6.07) is 8.19. The predicted molar refractivity (Wildman–Crippen MR) is 70.1 cm³/mol. The summed E-state index contributed by atoms with van der Waals surface area (Å²) in [5, 5.41) is 3.10. The van der Waals surface area contributed by atoms with E-state index in [0.717, 1.165) is 11.3 Å². The lowest BCUT2D eigenvalue weighted by molar-refractivity contribution is 0.612. The maximum absolute atomic E-state index is 13.5. The Kier molecular flexibility index (Phi) is 3.46. The van der Waals surface area contributed by atoms with Crippen LogP contribution in [0.15, 0.2) is 41.3 Å². The second-order valence-electron chi connectivity index (χ2n) is 4.32. The van der Waals surface area contributed by atoms with Crippen molar-refractivity contribution in [2.75, 3.05) is 5.32 Å². The van der Waals surface area contributed by atoms with Gasteiger partial charge in [-0.1, -0.05) is 17.7 Å². The van der Waals surface area contributed by atoms with Crippen LogP contribution in [0.25, 0.3) is 0 Å². The molecule has 1 aromatic heterocycles. The molecule has 0 spiro atoms. The molecule has 0 bridgehead atoms. The highest BCUT2D eigenvalue weighted by Gasteiger charge is 2.02. The molecule has 0 aliphatic rings. The van der Waals surface area contributed by atoms with Gasteiger partial charge in [-0.25, -0.2) is 4.39 Å². The molecule has 0 fully saturated rings. The average Bonchev–Trinajstić information content (AvgIpc) is 2.34. The Balaban J connectivity index is 2.13. The zero-order chi connectivity index (χ0) is 13.1. The van der Waals surface area contributed by atoms with E-state index in [1.165, 1.54) is 16.7 Å². The fourth-order valence-corrected chi connectivity index (χ4v) is 1.73. The van der Waals surface area contributed by atoms with Crippen molar-refractivity contribution in [2.24, 2.45) is 7.05 Å². The Bertz CT molecular complexity index is 619. The third-order valence-electron chi connectivity index (χ3n) is 2.77. The van der Waals surface area contributed by atoms with Gasteiger partial charge in [0, 0.05) is 31.4 Å². The first-order valence-electron chi connectivity index (χ1n) is 5.72. The monoisotopic (exact) mass is 246 g/mol. The van der Waals surface area contributed by atoms with Crippen LogP contribution in [-0.4, -0.2) is 4.57 Å². The van der Waals surface area contributed by atoms with Gasteiger partial charge in [-0.05, 0) is 19.1 Å². The highest BCUT2D eigenvalue weighted by Crippen LogP contribution is 2.12. The fourth-order valence-electron chi connectivity index (χ4n) is 1.73. The first-order chi connectivity index (χ1) is 8.56. The summed E-state index contributed by atoms with van der Waals surface area (Å²) >= 11 is 0. The van der Waals surface area contributed by atoms with Crippen molar-refractivity contribution in [1.82, 2.24) is 4.57 Å². The van der Waals surface area contributed by atoms with E-state index in [1.807, 2.05) is 13.0 Å². The van der Waals surface area contributed by atoms with Crippen molar-refractivity contribution < 1.29 is 4.39 Å². The van der Waals surface area contributed by atoms with E-state index in [4.69, 9.17) is 0 Å². The standard InChI is InChI=1S/C14H15FN2O/c1-10-3-5-13(15)11(7-10)8-16-12-4-6-14(18)17(2)9-12/h3-7,9,16H,8H2,1-2H3. The van der Waals surface area contributed by atoms with E-state index >= 15 is 0 Å². The zero-order valence-corrected chi connectivity index (χ0v) is 10.4. The van der Waals surface area contributed by atoms with Crippen LogP contribution >= 0.6 is 0 Å². The highest BCUT2D eigenvalue weighted by molar-refractivity contribution is 5.41. The number of nitrogens with zero attached hydrogens (tertiary/aromatic N) is 1. The van der Waals surface area contributed by atoms with Crippen molar-refractivity contribution in [3.63, 3.8) is 0 Å². The van der Waals surface area contributed by atoms with Crippen molar-refractivity contribution in [1.29, 1.82) is 0 Å². The minimum atomic E-state index is -0.224. The maximum atomic E-state index is 13.5. The molecule has 0 aliphatic carbocycles. The second-order valence-corrected chi connectivity index (χ2v) is 4.32. The lowest BCUT2D eigenvalue weighted by Crippen LogP contribution is -2.15. The zero-order valence-electron chi connectivity index (χ0n) is 10.4. The van der Waals surface area contributed by atoms with Crippen molar-refractivity contribution in [2.45, 2.75) is 13.5 Å². The van der Waals surface area contributed by atoms with Crippen molar-refractivity contribution >= 4 is 5.69 Å². The fraction of sp³-hybridized carbons (Fsp3) is 0.214. The number of aromatic nitrogens is 1. The summed E-state index contributed by atoms with van der Waals surface area (Å²) in [5.41, 5.74) is 2.36. The minimum Gasteiger partial charge on any atom is -0.380 e. The number of aryl methyl sites for hydroxylation is 2. The summed E-state index contributed by atoms with van der Waals surface area (Å²) < 4.78 is 15.0. The van der Waals surface area contributed by atoms with E-state index in [0.29, 0.717) is 12.1 Å². The maximum Gasteiger partial charge on any atom is 0.250 e. The van der Waals surface area contributed by atoms with Crippen molar-refractivity contribution in [3.05, 3.63) is 63.8 Å². The van der Waals surface area contributed by atoms with E-state index < -0.39 is 0 Å². The number of hydrogen-bond donors (Lipinski definition) is 1. The van der Waals surface area contributed by atoms with Gasteiger partial charge in [0.1, 0.15) is 5.82 Å². The molecule has 0 amide bonds. The summed E-state index contributed by atoms with van der Waals surface area (Å²) in [5.74, 6) is -0.224. The number of anilines is 1. The Morgan fingerprint density at radius 2 is 2.06 bits per heavy atom. The van der Waals surface area contributed by atoms with Crippen molar-refractivity contribution in [3.8, 4) is 0 Å². The van der Waals surface area contributed by atoms with Crippen LogP contribution in [0.5, 0.6) is 0 Å². The third-order valence-corrected chi connectivity index (χ3v) is 2.77. The van der Waals surface area contributed by atoms with E-state index in [1.54, 1.807) is 25.4 Å². The first-order valence-corrected chi connectivity index (χ1v) is 5.72. The molecule has 0 saturated heterocycles. The van der Waals surface area contributed by atoms with Crippen LogP contribution in [0.4, 0.5) is 10.1 Å². The lowest BCUT2D eigenvalue weighted by atomic mass is 10.1. The number of pyridine rings is 1. The molecule has 1 heterocycles. The lowest BCUT2D eigenvalue weighted by Gasteiger charge is -2.09. The topological polar surface area (TPSA) is 34.0 Å². The number of benzene rings is 1. The van der Waals surface area contributed by atoms with Crippen LogP contribution < -0.4 is 10.9 Å². The molecular weight excluding hydrogens is 231 g/mol. The minimum absolute atomic E-state index is 0.0673. The van der Waals surface area contributed by atoms with Crippen LogP contribution in [0.1, 0.15) is 11.1 Å². The molecule has 0 radical (unpaired) electrons. The third kappa shape index (κ3) is 2.77. The Labute approximate surface area is 105 Å². The van der Waals surface area contributed by atoms with Gasteiger partial charge in [-0.2, -0.15) is 0 Å². The molecule has 0 unspecified atom stereocenters. The van der Waals surface area contributed by atoms with Gasteiger partial charge in [0.05, 0.1) is 5.69 Å². The molecule has 2 aromatic rings. The largest absolute Gasteiger partial charge is 0.380 e. The smallest absolute Gasteiger partial charge is 0.250 e. The Morgan fingerprint density at radius 3 is 2.78 bits per heavy atom. The molecule has 0 saturated carbocycles. The summed E-state index contributed by atoms with van der Waals surface area (Å²) in [7, 11) is 1.68. The summed E-state index contributed by atoms with van der Waals surface area (Å²) in [6.45, 7) is 2.32. The van der Waals surface area contributed by atoms with Crippen LogP contribution in [0.2, 0.25) is 0 Å². The molecule has 0 atom stereocenters. The summed E-state index contributed by atoms with van der Waals surface area (Å²) in [4.78, 5) is 11.2. The SMILES string of the molecule is Cc1ccc(F)c(CNc2ccc(=O)n(C)c2)c1. The van der Waals surface area contributed by atoms with Gasteiger partial charge >= 0.3 is 0 Å². The van der Waals surface area contributed by atoms with Crippen LogP contribution in [0.3, 0.4) is 0 Å². The first kappa shape index (κ1) is 12.4. The molecule has 0 aliphatic heterocycles. The van der Waals surface area contributed by atoms with Gasteiger partial charge in [-0.15, -0.1) is 0 Å². The molecule has 2 rings (SSSR count). The number of hydrogen-bond acceptors (Lipinski definition) is 2. The molecule has 3 nitrogen and oxygen atoms in total. The van der Waals surface area contributed by atoms with E-state index in [9.17, 15) is 9.18 Å². The molecule has 1 aromatic carbocycles. The molecular formula is C14H15FN2O. The normalized spacial score (nSPS) is 10.4. The molecule has 1 N–H and O–H groups in total. The molecule has 4 heteroatoms. The van der Waals surface area contributed by atoms with Gasteiger partial charge in [0.2, 0.25) is 5.56 Å². The second kappa shape index (κ2) is 5.04. The van der Waals surface area contributed by atoms with Crippen LogP contribution in [0, 0.1) is 12.7 Å². The Hall–Kier alpha value is -2.10. The quantitative estimate of drug-likeness (QED) is 0.902. The number of rotatable bonds is 3. The predicted octanol–water partition coefficient (Wildman–Crippen LogP) is 2.44. The number of nitrogens with one attached hydrogen (secondary N) is 1. The van der Waals surface area contributed by atoms with Gasteiger partial charge in [0.25, 0.3) is 0 Å². The Morgan fingerprint density at radius 1 is 1.28 bits per heavy atom. The van der Waals surface area contributed by atoms with Gasteiger partial charge in [0.15, 0.2) is 0 Å². The van der Waals surface area contributed by atoms with E-state index in [2.05, 4.69) is 5.32 Å². The molecule has 18 heavy (non-hydrogen) atoms. The van der Waals surface area contributed by atoms with E-state index in [-0.39, 0.29) is 11.4 Å².